The second-order valence-electron chi connectivity index (χ2n) is 10.6. The Labute approximate surface area is 258 Å². The van der Waals surface area contributed by atoms with Crippen LogP contribution in [0.25, 0.3) is 10.8 Å². The Balaban J connectivity index is 1.40. The van der Waals surface area contributed by atoms with E-state index in [1.807, 2.05) is 25.1 Å². The molecule has 0 unspecified atom stereocenters. The van der Waals surface area contributed by atoms with Crippen molar-refractivity contribution in [1.29, 1.82) is 0 Å². The van der Waals surface area contributed by atoms with Crippen LogP contribution in [0.5, 0.6) is 0 Å². The molecule has 9 heteroatoms. The maximum atomic E-state index is 13.9. The first kappa shape index (κ1) is 29.5. The van der Waals surface area contributed by atoms with Gasteiger partial charge in [-0.15, -0.1) is 0 Å². The first-order valence-electron chi connectivity index (χ1n) is 14.4. The fraction of sp³-hybridized carbons (Fsp3) is 0.167. The van der Waals surface area contributed by atoms with Crippen molar-refractivity contribution in [3.63, 3.8) is 0 Å². The lowest BCUT2D eigenvalue weighted by Gasteiger charge is -2.25. The molecule has 0 saturated carbocycles. The van der Waals surface area contributed by atoms with Gasteiger partial charge in [-0.1, -0.05) is 72.8 Å². The molecule has 4 atom stereocenters. The normalized spacial score (nSPS) is 19.1. The summed E-state index contributed by atoms with van der Waals surface area (Å²) in [7, 11) is 0. The van der Waals surface area contributed by atoms with E-state index in [2.05, 4.69) is 0 Å². The number of nitrogens with zero attached hydrogens (tertiary/aromatic N) is 1. The maximum Gasteiger partial charge on any atom is 0.338 e. The van der Waals surface area contributed by atoms with Crippen molar-refractivity contribution in [2.75, 3.05) is 6.61 Å². The molecule has 0 bridgehead atoms. The van der Waals surface area contributed by atoms with Gasteiger partial charge in [-0.2, -0.15) is 0 Å². The van der Waals surface area contributed by atoms with E-state index in [4.69, 9.17) is 18.9 Å². The molecule has 1 aliphatic heterocycles. The van der Waals surface area contributed by atoms with Crippen molar-refractivity contribution in [3.8, 4) is 0 Å². The third-order valence-electron chi connectivity index (χ3n) is 7.62. The topological polar surface area (TPSA) is 110 Å². The number of carbonyl (C=O) groups excluding carboxylic acids is 3. The lowest BCUT2D eigenvalue weighted by atomic mass is 10.1. The Bertz CT molecular complexity index is 1890. The van der Waals surface area contributed by atoms with E-state index >= 15 is 0 Å². The number of esters is 3. The zero-order valence-corrected chi connectivity index (χ0v) is 24.3. The van der Waals surface area contributed by atoms with Crippen molar-refractivity contribution in [2.45, 2.75) is 31.5 Å². The summed E-state index contributed by atoms with van der Waals surface area (Å²) >= 11 is 0. The second-order valence-corrected chi connectivity index (χ2v) is 10.6. The number of benzene rings is 4. The summed E-state index contributed by atoms with van der Waals surface area (Å²) in [5.74, 6) is -2.03. The monoisotopic (exact) mass is 603 g/mol. The van der Waals surface area contributed by atoms with Gasteiger partial charge in [0.2, 0.25) is 0 Å². The Morgan fingerprint density at radius 2 is 1.20 bits per heavy atom. The van der Waals surface area contributed by atoms with E-state index in [-0.39, 0.29) is 23.3 Å². The average molecular weight is 604 g/mol. The first-order valence-corrected chi connectivity index (χ1v) is 14.4. The minimum Gasteiger partial charge on any atom is -0.459 e. The minimum atomic E-state index is -1.29. The summed E-state index contributed by atoms with van der Waals surface area (Å²) in [6, 6.07) is 32.3. The van der Waals surface area contributed by atoms with E-state index in [1.165, 1.54) is 4.57 Å². The number of hydrogen-bond donors (Lipinski definition) is 0. The lowest BCUT2D eigenvalue weighted by Crippen LogP contribution is -2.42. The van der Waals surface area contributed by atoms with E-state index in [0.717, 1.165) is 10.9 Å². The lowest BCUT2D eigenvalue weighted by molar-refractivity contribution is -0.0632. The van der Waals surface area contributed by atoms with Crippen molar-refractivity contribution >= 4 is 28.7 Å². The summed E-state index contributed by atoms with van der Waals surface area (Å²) in [5, 5.41) is 1.20. The highest BCUT2D eigenvalue weighted by atomic mass is 16.7. The third-order valence-corrected chi connectivity index (χ3v) is 7.62. The van der Waals surface area contributed by atoms with E-state index in [9.17, 15) is 19.2 Å². The van der Waals surface area contributed by atoms with Crippen LogP contribution in [-0.4, -0.2) is 47.4 Å². The average Bonchev–Trinajstić information content (AvgIpc) is 3.40. The smallest absolute Gasteiger partial charge is 0.338 e. The van der Waals surface area contributed by atoms with Crippen molar-refractivity contribution < 1.29 is 33.3 Å². The molecular formula is C36H29NO8. The van der Waals surface area contributed by atoms with Crippen LogP contribution >= 0.6 is 0 Å². The maximum absolute atomic E-state index is 13.9. The molecule has 9 nitrogen and oxygen atoms in total. The van der Waals surface area contributed by atoms with Crippen molar-refractivity contribution in [3.05, 3.63) is 154 Å². The molecule has 0 aliphatic carbocycles. The minimum absolute atomic E-state index is 0.255. The second kappa shape index (κ2) is 13.0. The standard InChI is InChI=1S/C36H29NO8/c1-23-12-11-19-24-20-21-37(32(38)29(23)24)33-31(45-36(41)27-17-9-4-10-18-27)30(44-35(40)26-15-7-3-8-16-26)28(43-33)22-42-34(39)25-13-5-2-6-14-25/h2-21,28,30-31,33H,22H2,1H3/t28-,30-,31-,33-/m1/s1. The molecule has 45 heavy (non-hydrogen) atoms. The zero-order chi connectivity index (χ0) is 31.3. The molecule has 0 N–H and O–H groups in total. The molecule has 2 heterocycles. The number of hydrogen-bond acceptors (Lipinski definition) is 8. The van der Waals surface area contributed by atoms with Crippen LogP contribution in [0, 0.1) is 6.92 Å². The van der Waals surface area contributed by atoms with Gasteiger partial charge in [0.25, 0.3) is 5.56 Å². The molecular weight excluding hydrogens is 574 g/mol. The summed E-state index contributed by atoms with van der Waals surface area (Å²) in [5.41, 5.74) is 1.20. The van der Waals surface area contributed by atoms with Gasteiger partial charge in [-0.25, -0.2) is 14.4 Å². The number of aryl methyl sites for hydroxylation is 1. The van der Waals surface area contributed by atoms with E-state index < -0.39 is 42.4 Å². The van der Waals surface area contributed by atoms with Crippen LogP contribution in [0.3, 0.4) is 0 Å². The highest BCUT2D eigenvalue weighted by Gasteiger charge is 2.51. The SMILES string of the molecule is Cc1cccc2ccn([C@@H]3O[C@H](COC(=O)c4ccccc4)[C@@H](OC(=O)c4ccccc4)[C@H]3OC(=O)c3ccccc3)c(=O)c12. The molecule has 5 aromatic rings. The molecule has 0 radical (unpaired) electrons. The molecule has 6 rings (SSSR count). The van der Waals surface area contributed by atoms with Crippen LogP contribution in [0.2, 0.25) is 0 Å². The number of ether oxygens (including phenoxy) is 4. The van der Waals surface area contributed by atoms with Gasteiger partial charge in [0.1, 0.15) is 12.7 Å². The molecule has 0 amide bonds. The summed E-state index contributed by atoms with van der Waals surface area (Å²) in [6.45, 7) is 1.48. The molecule has 1 aromatic heterocycles. The number of fused-ring (bicyclic) bond motifs is 1. The summed E-state index contributed by atoms with van der Waals surface area (Å²) in [4.78, 5) is 53.5. The zero-order valence-electron chi connectivity index (χ0n) is 24.3. The highest BCUT2D eigenvalue weighted by Crippen LogP contribution is 2.35. The van der Waals surface area contributed by atoms with Gasteiger partial charge in [-0.3, -0.25) is 9.36 Å². The fourth-order valence-corrected chi connectivity index (χ4v) is 5.36. The third kappa shape index (κ3) is 6.25. The Hall–Kier alpha value is -5.54. The molecule has 1 saturated heterocycles. The van der Waals surface area contributed by atoms with Gasteiger partial charge < -0.3 is 18.9 Å². The van der Waals surface area contributed by atoms with Crippen LogP contribution in [0.15, 0.2) is 126 Å². The van der Waals surface area contributed by atoms with Crippen LogP contribution < -0.4 is 5.56 Å². The number of aromatic nitrogens is 1. The van der Waals surface area contributed by atoms with Crippen LogP contribution in [0.1, 0.15) is 42.9 Å². The summed E-state index contributed by atoms with van der Waals surface area (Å²) < 4.78 is 25.2. The Morgan fingerprint density at radius 3 is 1.78 bits per heavy atom. The molecule has 1 fully saturated rings. The first-order chi connectivity index (χ1) is 21.9. The number of pyridine rings is 1. The summed E-state index contributed by atoms with van der Waals surface area (Å²) in [6.07, 6.45) is -3.30. The predicted octanol–water partition coefficient (Wildman–Crippen LogP) is 5.52. The van der Waals surface area contributed by atoms with E-state index in [0.29, 0.717) is 10.9 Å². The fourth-order valence-electron chi connectivity index (χ4n) is 5.36. The van der Waals surface area contributed by atoms with Crippen LogP contribution in [0.4, 0.5) is 0 Å². The van der Waals surface area contributed by atoms with Crippen molar-refractivity contribution in [1.82, 2.24) is 4.57 Å². The largest absolute Gasteiger partial charge is 0.459 e. The molecule has 0 spiro atoms. The van der Waals surface area contributed by atoms with Gasteiger partial charge in [0.05, 0.1) is 22.1 Å². The van der Waals surface area contributed by atoms with Crippen LogP contribution in [-0.2, 0) is 18.9 Å². The number of rotatable bonds is 8. The van der Waals surface area contributed by atoms with Gasteiger partial charge in [0, 0.05) is 6.20 Å². The van der Waals surface area contributed by atoms with Gasteiger partial charge in [-0.05, 0) is 60.3 Å². The van der Waals surface area contributed by atoms with E-state index in [1.54, 1.807) is 103 Å². The highest BCUT2D eigenvalue weighted by molar-refractivity contribution is 5.91. The quantitative estimate of drug-likeness (QED) is 0.169. The predicted molar refractivity (Wildman–Crippen MR) is 165 cm³/mol. The molecule has 226 valence electrons. The Kier molecular flexibility index (Phi) is 8.52. The number of carbonyl (C=O) groups is 3. The Morgan fingerprint density at radius 1 is 0.667 bits per heavy atom. The van der Waals surface area contributed by atoms with Gasteiger partial charge in [0.15, 0.2) is 18.4 Å². The molecule has 1 aliphatic rings. The molecule has 4 aromatic carbocycles. The van der Waals surface area contributed by atoms with Gasteiger partial charge >= 0.3 is 17.9 Å². The van der Waals surface area contributed by atoms with Crippen molar-refractivity contribution in [2.24, 2.45) is 0 Å².